The Morgan fingerprint density at radius 2 is 2.46 bits per heavy atom. The number of anilines is 1. The fraction of sp³-hybridized carbons (Fsp3) is 0.250. The summed E-state index contributed by atoms with van der Waals surface area (Å²) in [6.45, 7) is 1.93. The number of primary amides is 1. The van der Waals surface area contributed by atoms with E-state index in [4.69, 9.17) is 11.5 Å². The van der Waals surface area contributed by atoms with E-state index < -0.39 is 5.91 Å². The molecule has 0 saturated heterocycles. The lowest BCUT2D eigenvalue weighted by atomic mass is 10.1. The van der Waals surface area contributed by atoms with Crippen molar-refractivity contribution in [1.29, 1.82) is 0 Å². The SMILES string of the molecule is CCC=C(C(N)=O)c1csc(N)n1. The van der Waals surface area contributed by atoms with Gasteiger partial charge in [0.15, 0.2) is 5.13 Å². The van der Waals surface area contributed by atoms with Gasteiger partial charge in [-0.2, -0.15) is 0 Å². The molecule has 1 heterocycles. The van der Waals surface area contributed by atoms with Gasteiger partial charge in [-0.15, -0.1) is 11.3 Å². The van der Waals surface area contributed by atoms with Gasteiger partial charge in [0, 0.05) is 5.38 Å². The molecule has 0 fully saturated rings. The number of carbonyl (C=O) groups is 1. The third kappa shape index (κ3) is 2.29. The Labute approximate surface area is 80.3 Å². The van der Waals surface area contributed by atoms with Gasteiger partial charge in [0.2, 0.25) is 0 Å². The van der Waals surface area contributed by atoms with Gasteiger partial charge < -0.3 is 11.5 Å². The van der Waals surface area contributed by atoms with Crippen LogP contribution in [0.5, 0.6) is 0 Å². The molecule has 13 heavy (non-hydrogen) atoms. The zero-order chi connectivity index (χ0) is 9.84. The maximum Gasteiger partial charge on any atom is 0.250 e. The van der Waals surface area contributed by atoms with Gasteiger partial charge in [-0.25, -0.2) is 4.98 Å². The summed E-state index contributed by atoms with van der Waals surface area (Å²) < 4.78 is 0. The third-order valence-electron chi connectivity index (χ3n) is 1.47. The van der Waals surface area contributed by atoms with Gasteiger partial charge in [0.1, 0.15) is 0 Å². The summed E-state index contributed by atoms with van der Waals surface area (Å²) in [4.78, 5) is 15.0. The molecule has 1 aromatic rings. The highest BCUT2D eigenvalue weighted by Gasteiger charge is 2.10. The van der Waals surface area contributed by atoms with Crippen LogP contribution < -0.4 is 11.5 Å². The number of nitrogens with zero attached hydrogens (tertiary/aromatic N) is 1. The largest absolute Gasteiger partial charge is 0.375 e. The summed E-state index contributed by atoms with van der Waals surface area (Å²) in [5.74, 6) is -0.466. The highest BCUT2D eigenvalue weighted by molar-refractivity contribution is 7.13. The normalized spacial score (nSPS) is 11.6. The Morgan fingerprint density at radius 1 is 1.77 bits per heavy atom. The topological polar surface area (TPSA) is 82.0 Å². The molecule has 0 spiro atoms. The second kappa shape index (κ2) is 4.04. The Hall–Kier alpha value is -1.36. The number of hydrogen-bond donors (Lipinski definition) is 2. The lowest BCUT2D eigenvalue weighted by molar-refractivity contribution is -0.112. The molecule has 0 aromatic carbocycles. The molecule has 5 heteroatoms. The van der Waals surface area contributed by atoms with Crippen LogP contribution >= 0.6 is 11.3 Å². The van der Waals surface area contributed by atoms with E-state index in [-0.39, 0.29) is 0 Å². The first kappa shape index (κ1) is 9.73. The second-order valence-corrected chi connectivity index (χ2v) is 3.35. The second-order valence-electron chi connectivity index (χ2n) is 2.46. The van der Waals surface area contributed by atoms with Crippen molar-refractivity contribution < 1.29 is 4.79 Å². The summed E-state index contributed by atoms with van der Waals surface area (Å²) in [7, 11) is 0. The summed E-state index contributed by atoms with van der Waals surface area (Å²) >= 11 is 1.29. The molecular formula is C8H11N3OS. The first-order chi connectivity index (χ1) is 6.15. The number of nitrogen functional groups attached to an aromatic ring is 1. The Kier molecular flexibility index (Phi) is 3.02. The lowest BCUT2D eigenvalue weighted by Gasteiger charge is -1.96. The molecular weight excluding hydrogens is 186 g/mol. The van der Waals surface area contributed by atoms with Gasteiger partial charge in [0.25, 0.3) is 5.91 Å². The molecule has 0 aliphatic rings. The fourth-order valence-corrected chi connectivity index (χ4v) is 1.51. The minimum atomic E-state index is -0.466. The molecule has 1 rings (SSSR count). The molecule has 0 saturated carbocycles. The summed E-state index contributed by atoms with van der Waals surface area (Å²) in [5.41, 5.74) is 11.6. The Morgan fingerprint density at radius 3 is 2.85 bits per heavy atom. The number of aromatic nitrogens is 1. The first-order valence-corrected chi connectivity index (χ1v) is 4.74. The van der Waals surface area contributed by atoms with Crippen molar-refractivity contribution in [3.8, 4) is 0 Å². The molecule has 0 radical (unpaired) electrons. The van der Waals surface area contributed by atoms with Crippen LogP contribution in [-0.4, -0.2) is 10.9 Å². The van der Waals surface area contributed by atoms with Crippen molar-refractivity contribution in [3.63, 3.8) is 0 Å². The van der Waals surface area contributed by atoms with E-state index in [2.05, 4.69) is 4.98 Å². The predicted octanol–water partition coefficient (Wildman–Crippen LogP) is 1.00. The van der Waals surface area contributed by atoms with Crippen LogP contribution in [0.2, 0.25) is 0 Å². The minimum Gasteiger partial charge on any atom is -0.375 e. The number of amides is 1. The lowest BCUT2D eigenvalue weighted by Crippen LogP contribution is -2.13. The van der Waals surface area contributed by atoms with E-state index in [0.717, 1.165) is 6.42 Å². The molecule has 4 nitrogen and oxygen atoms in total. The number of hydrogen-bond acceptors (Lipinski definition) is 4. The van der Waals surface area contributed by atoms with E-state index in [9.17, 15) is 4.79 Å². The number of rotatable bonds is 3. The van der Waals surface area contributed by atoms with Crippen LogP contribution in [0.1, 0.15) is 19.0 Å². The minimum absolute atomic E-state index is 0.440. The molecule has 4 N–H and O–H groups in total. The zero-order valence-corrected chi connectivity index (χ0v) is 8.10. The van der Waals surface area contributed by atoms with Crippen molar-refractivity contribution in [2.24, 2.45) is 5.73 Å². The van der Waals surface area contributed by atoms with E-state index in [1.54, 1.807) is 11.5 Å². The molecule has 0 aliphatic carbocycles. The molecule has 1 aromatic heterocycles. The van der Waals surface area contributed by atoms with Gasteiger partial charge in [-0.3, -0.25) is 4.79 Å². The van der Waals surface area contributed by atoms with Crippen LogP contribution in [0.3, 0.4) is 0 Å². The molecule has 0 atom stereocenters. The maximum atomic E-state index is 11.0. The van der Waals surface area contributed by atoms with Crippen LogP contribution in [0.15, 0.2) is 11.5 Å². The van der Waals surface area contributed by atoms with Crippen LogP contribution in [-0.2, 0) is 4.79 Å². The Bertz CT molecular complexity index is 343. The van der Waals surface area contributed by atoms with Gasteiger partial charge in [-0.1, -0.05) is 13.0 Å². The van der Waals surface area contributed by atoms with Crippen LogP contribution in [0, 0.1) is 0 Å². The molecule has 0 aliphatic heterocycles. The van der Waals surface area contributed by atoms with Gasteiger partial charge in [-0.05, 0) is 6.42 Å². The van der Waals surface area contributed by atoms with Gasteiger partial charge in [0.05, 0.1) is 11.3 Å². The van der Waals surface area contributed by atoms with E-state index in [1.807, 2.05) is 6.92 Å². The summed E-state index contributed by atoms with van der Waals surface area (Å²) in [6, 6.07) is 0. The highest BCUT2D eigenvalue weighted by Crippen LogP contribution is 2.19. The maximum absolute atomic E-state index is 11.0. The van der Waals surface area contributed by atoms with Crippen LogP contribution in [0.25, 0.3) is 5.57 Å². The van der Waals surface area contributed by atoms with E-state index in [0.29, 0.717) is 16.4 Å². The summed E-state index contributed by atoms with van der Waals surface area (Å²) in [6.07, 6.45) is 2.49. The molecule has 0 bridgehead atoms. The van der Waals surface area contributed by atoms with Crippen molar-refractivity contribution in [2.75, 3.05) is 5.73 Å². The molecule has 70 valence electrons. The average Bonchev–Trinajstić information content (AvgIpc) is 2.46. The van der Waals surface area contributed by atoms with Crippen LogP contribution in [0.4, 0.5) is 5.13 Å². The van der Waals surface area contributed by atoms with Crippen molar-refractivity contribution in [2.45, 2.75) is 13.3 Å². The van der Waals surface area contributed by atoms with E-state index in [1.165, 1.54) is 11.3 Å². The quantitative estimate of drug-likeness (QED) is 0.709. The number of thiazole rings is 1. The van der Waals surface area contributed by atoms with E-state index >= 15 is 0 Å². The van der Waals surface area contributed by atoms with Crippen molar-refractivity contribution in [3.05, 3.63) is 17.2 Å². The number of nitrogens with two attached hydrogens (primary N) is 2. The third-order valence-corrected chi connectivity index (χ3v) is 2.15. The zero-order valence-electron chi connectivity index (χ0n) is 7.28. The summed E-state index contributed by atoms with van der Waals surface area (Å²) in [5, 5.41) is 2.17. The monoisotopic (exact) mass is 197 g/mol. The molecule has 0 unspecified atom stereocenters. The van der Waals surface area contributed by atoms with Gasteiger partial charge >= 0.3 is 0 Å². The fourth-order valence-electron chi connectivity index (χ4n) is 0.947. The van der Waals surface area contributed by atoms with Crippen molar-refractivity contribution >= 4 is 27.9 Å². The highest BCUT2D eigenvalue weighted by atomic mass is 32.1. The average molecular weight is 197 g/mol. The number of allylic oxidation sites excluding steroid dienone is 1. The standard InChI is InChI=1S/C8H11N3OS/c1-2-3-5(7(9)12)6-4-13-8(10)11-6/h3-4H,2H2,1H3,(H2,9,12)(H2,10,11). The Balaban J connectivity index is 3.02. The number of carbonyl (C=O) groups excluding carboxylic acids is 1. The molecule has 1 amide bonds. The smallest absolute Gasteiger partial charge is 0.250 e. The predicted molar refractivity (Wildman–Crippen MR) is 54.0 cm³/mol. The first-order valence-electron chi connectivity index (χ1n) is 3.86. The van der Waals surface area contributed by atoms with Crippen molar-refractivity contribution in [1.82, 2.24) is 4.98 Å².